The highest BCUT2D eigenvalue weighted by Crippen LogP contribution is 2.28. The molecule has 84 valence electrons. The van der Waals surface area contributed by atoms with E-state index in [1.165, 1.54) is 0 Å². The Morgan fingerprint density at radius 1 is 1.35 bits per heavy atom. The second kappa shape index (κ2) is 4.67. The summed E-state index contributed by atoms with van der Waals surface area (Å²) in [4.78, 5) is 10.7. The van der Waals surface area contributed by atoms with Gasteiger partial charge in [0, 0.05) is 11.1 Å². The second-order valence-corrected chi connectivity index (χ2v) is 3.68. The number of carbonyl (C=O) groups is 1. The van der Waals surface area contributed by atoms with Crippen LogP contribution in [0.2, 0.25) is 0 Å². The third-order valence-corrected chi connectivity index (χ3v) is 2.72. The molecular formula is C14H11NO2. The average molecular weight is 225 g/mol. The zero-order valence-corrected chi connectivity index (χ0v) is 9.43. The van der Waals surface area contributed by atoms with Crippen molar-refractivity contribution in [2.75, 3.05) is 7.11 Å². The predicted molar refractivity (Wildman–Crippen MR) is 65.2 cm³/mol. The van der Waals surface area contributed by atoms with Gasteiger partial charge in [0.05, 0.1) is 19.6 Å². The topological polar surface area (TPSA) is 50.1 Å². The van der Waals surface area contributed by atoms with Crippen LogP contribution in [0.5, 0.6) is 5.75 Å². The molecule has 2 aromatic rings. The Hall–Kier alpha value is -2.34. The lowest BCUT2D eigenvalue weighted by Gasteiger charge is -2.09. The Bertz CT molecular complexity index is 611. The fraction of sp³-hybridized carbons (Fsp3) is 0.143. The van der Waals surface area contributed by atoms with Crippen LogP contribution >= 0.6 is 0 Å². The van der Waals surface area contributed by atoms with Gasteiger partial charge in [-0.15, -0.1) is 0 Å². The number of carbonyl (C=O) groups excluding carboxylic acids is 1. The van der Waals surface area contributed by atoms with Crippen molar-refractivity contribution in [1.82, 2.24) is 0 Å². The molecule has 0 atom stereocenters. The van der Waals surface area contributed by atoms with E-state index in [4.69, 9.17) is 10.00 Å². The Morgan fingerprint density at radius 3 is 2.82 bits per heavy atom. The molecule has 0 aliphatic carbocycles. The van der Waals surface area contributed by atoms with Crippen molar-refractivity contribution in [2.24, 2.45) is 0 Å². The lowest BCUT2D eigenvalue weighted by molar-refractivity contribution is 0.112. The fourth-order valence-corrected chi connectivity index (χ4v) is 1.92. The number of methoxy groups -OCH3 is 1. The largest absolute Gasteiger partial charge is 0.496 e. The van der Waals surface area contributed by atoms with Crippen LogP contribution in [-0.4, -0.2) is 13.4 Å². The number of nitriles is 1. The molecule has 0 N–H and O–H groups in total. The maximum Gasteiger partial charge on any atom is 0.150 e. The molecule has 0 heterocycles. The van der Waals surface area contributed by atoms with E-state index in [1.54, 1.807) is 13.2 Å². The van der Waals surface area contributed by atoms with Gasteiger partial charge in [-0.05, 0) is 22.9 Å². The molecule has 0 unspecified atom stereocenters. The third-order valence-electron chi connectivity index (χ3n) is 2.72. The summed E-state index contributed by atoms with van der Waals surface area (Å²) in [7, 11) is 1.59. The van der Waals surface area contributed by atoms with Crippen LogP contribution in [0.3, 0.4) is 0 Å². The molecule has 17 heavy (non-hydrogen) atoms. The van der Waals surface area contributed by atoms with Gasteiger partial charge >= 0.3 is 0 Å². The van der Waals surface area contributed by atoms with Crippen molar-refractivity contribution in [3.8, 4) is 11.8 Å². The van der Waals surface area contributed by atoms with Crippen molar-refractivity contribution < 1.29 is 9.53 Å². The third kappa shape index (κ3) is 1.98. The van der Waals surface area contributed by atoms with E-state index >= 15 is 0 Å². The second-order valence-electron chi connectivity index (χ2n) is 3.68. The molecule has 0 aromatic heterocycles. The molecule has 3 nitrogen and oxygen atoms in total. The molecule has 0 spiro atoms. The van der Waals surface area contributed by atoms with Gasteiger partial charge < -0.3 is 4.74 Å². The van der Waals surface area contributed by atoms with Crippen molar-refractivity contribution in [3.63, 3.8) is 0 Å². The predicted octanol–water partition coefficient (Wildman–Crippen LogP) is 2.73. The lowest BCUT2D eigenvalue weighted by Crippen LogP contribution is -1.93. The van der Waals surface area contributed by atoms with E-state index in [2.05, 4.69) is 6.07 Å². The van der Waals surface area contributed by atoms with Gasteiger partial charge in [0.1, 0.15) is 12.0 Å². The average Bonchev–Trinajstić information content (AvgIpc) is 2.38. The molecule has 0 bridgehead atoms. The van der Waals surface area contributed by atoms with E-state index in [1.807, 2.05) is 24.3 Å². The number of fused-ring (bicyclic) bond motifs is 1. The maximum atomic E-state index is 10.7. The SMILES string of the molecule is COc1ccc2cc(C=O)ccc2c1CC#N. The number of nitrogens with zero attached hydrogens (tertiary/aromatic N) is 1. The van der Waals surface area contributed by atoms with Crippen LogP contribution in [0, 0.1) is 11.3 Å². The van der Waals surface area contributed by atoms with Gasteiger partial charge in [0.15, 0.2) is 0 Å². The zero-order valence-electron chi connectivity index (χ0n) is 9.43. The summed E-state index contributed by atoms with van der Waals surface area (Å²) in [6.45, 7) is 0. The van der Waals surface area contributed by atoms with Crippen LogP contribution < -0.4 is 4.74 Å². The summed E-state index contributed by atoms with van der Waals surface area (Å²) in [5.41, 5.74) is 1.50. The maximum absolute atomic E-state index is 10.7. The molecule has 0 saturated carbocycles. The number of benzene rings is 2. The van der Waals surface area contributed by atoms with E-state index in [-0.39, 0.29) is 0 Å². The van der Waals surface area contributed by atoms with Crippen LogP contribution in [0.15, 0.2) is 30.3 Å². The molecule has 2 aromatic carbocycles. The van der Waals surface area contributed by atoms with Crippen LogP contribution in [-0.2, 0) is 6.42 Å². The van der Waals surface area contributed by atoms with E-state index in [0.717, 1.165) is 22.6 Å². The Kier molecular flexibility index (Phi) is 3.06. The lowest BCUT2D eigenvalue weighted by atomic mass is 10.00. The van der Waals surface area contributed by atoms with Crippen LogP contribution in [0.25, 0.3) is 10.8 Å². The van der Waals surface area contributed by atoms with Crippen LogP contribution in [0.4, 0.5) is 0 Å². The van der Waals surface area contributed by atoms with E-state index in [9.17, 15) is 4.79 Å². The first-order valence-electron chi connectivity index (χ1n) is 5.22. The Balaban J connectivity index is 2.72. The van der Waals surface area contributed by atoms with Gasteiger partial charge in [-0.25, -0.2) is 0 Å². The highest BCUT2D eigenvalue weighted by Gasteiger charge is 2.08. The number of hydrogen-bond acceptors (Lipinski definition) is 3. The summed E-state index contributed by atoms with van der Waals surface area (Å²) in [6.07, 6.45) is 1.11. The van der Waals surface area contributed by atoms with Gasteiger partial charge in [-0.2, -0.15) is 5.26 Å². The Morgan fingerprint density at radius 2 is 2.18 bits per heavy atom. The number of hydrogen-bond donors (Lipinski definition) is 0. The normalized spacial score (nSPS) is 9.88. The van der Waals surface area contributed by atoms with Gasteiger partial charge in [0.2, 0.25) is 0 Å². The van der Waals surface area contributed by atoms with Crippen molar-refractivity contribution in [3.05, 3.63) is 41.5 Å². The molecule has 0 radical (unpaired) electrons. The molecule has 0 saturated heterocycles. The molecule has 3 heteroatoms. The van der Waals surface area contributed by atoms with Gasteiger partial charge in [0.25, 0.3) is 0 Å². The summed E-state index contributed by atoms with van der Waals surface area (Å²) < 4.78 is 5.24. The number of aldehydes is 1. The summed E-state index contributed by atoms with van der Waals surface area (Å²) >= 11 is 0. The number of ether oxygens (including phenoxy) is 1. The summed E-state index contributed by atoms with van der Waals surface area (Å²) in [5.74, 6) is 0.706. The minimum absolute atomic E-state index is 0.293. The quantitative estimate of drug-likeness (QED) is 0.754. The highest BCUT2D eigenvalue weighted by atomic mass is 16.5. The van der Waals surface area contributed by atoms with E-state index < -0.39 is 0 Å². The molecule has 0 aliphatic heterocycles. The first-order chi connectivity index (χ1) is 8.30. The van der Waals surface area contributed by atoms with Crippen molar-refractivity contribution in [2.45, 2.75) is 6.42 Å². The first-order valence-corrected chi connectivity index (χ1v) is 5.22. The van der Waals surface area contributed by atoms with E-state index in [0.29, 0.717) is 17.7 Å². The molecule has 0 fully saturated rings. The minimum Gasteiger partial charge on any atom is -0.496 e. The molecular weight excluding hydrogens is 214 g/mol. The van der Waals surface area contributed by atoms with Crippen molar-refractivity contribution >= 4 is 17.1 Å². The minimum atomic E-state index is 0.293. The van der Waals surface area contributed by atoms with Crippen molar-refractivity contribution in [1.29, 1.82) is 5.26 Å². The molecule has 0 aliphatic rings. The Labute approximate surface area is 99.2 Å². The van der Waals surface area contributed by atoms with Gasteiger partial charge in [-0.3, -0.25) is 4.79 Å². The number of rotatable bonds is 3. The highest BCUT2D eigenvalue weighted by molar-refractivity contribution is 5.92. The fourth-order valence-electron chi connectivity index (χ4n) is 1.92. The molecule has 2 rings (SSSR count). The summed E-state index contributed by atoms with van der Waals surface area (Å²) in [6, 6.07) is 11.3. The zero-order chi connectivity index (χ0) is 12.3. The standard InChI is InChI=1S/C14H11NO2/c1-17-14-5-3-11-8-10(9-16)2-4-12(11)13(14)6-7-15/h2-5,8-9H,6H2,1H3. The smallest absolute Gasteiger partial charge is 0.150 e. The first kappa shape index (κ1) is 11.2. The summed E-state index contributed by atoms with van der Waals surface area (Å²) in [5, 5.41) is 10.7. The monoisotopic (exact) mass is 225 g/mol. The van der Waals surface area contributed by atoms with Crippen LogP contribution in [0.1, 0.15) is 15.9 Å². The molecule has 0 amide bonds. The van der Waals surface area contributed by atoms with Gasteiger partial charge in [-0.1, -0.05) is 18.2 Å².